The molecule has 0 saturated heterocycles. The van der Waals surface area contributed by atoms with Crippen molar-refractivity contribution in [3.63, 3.8) is 0 Å². The number of benzene rings is 4. The zero-order valence-electron chi connectivity index (χ0n) is 21.2. The highest BCUT2D eigenvalue weighted by molar-refractivity contribution is 7.91. The number of carbonyl (C=O) groups is 2. The van der Waals surface area contributed by atoms with Gasteiger partial charge >= 0.3 is 12.0 Å². The molecule has 0 unspecified atom stereocenters. The predicted octanol–water partition coefficient (Wildman–Crippen LogP) is 6.55. The van der Waals surface area contributed by atoms with Crippen LogP contribution in [0.5, 0.6) is 5.75 Å². The predicted molar refractivity (Wildman–Crippen MR) is 156 cm³/mol. The number of halogens is 2. The van der Waals surface area contributed by atoms with Gasteiger partial charge in [-0.15, -0.1) is 0 Å². The second kappa shape index (κ2) is 12.9. The van der Waals surface area contributed by atoms with E-state index in [4.69, 9.17) is 27.9 Å². The van der Waals surface area contributed by atoms with Crippen LogP contribution < -0.4 is 20.7 Å². The number of anilines is 2. The van der Waals surface area contributed by atoms with Crippen molar-refractivity contribution >= 4 is 56.4 Å². The molecular formula is C29H25Cl2N3O5S. The summed E-state index contributed by atoms with van der Waals surface area (Å²) < 4.78 is 31.5. The first-order chi connectivity index (χ1) is 19.1. The van der Waals surface area contributed by atoms with Crippen LogP contribution in [0.1, 0.15) is 12.5 Å². The molecule has 1 atom stereocenters. The van der Waals surface area contributed by atoms with Crippen LogP contribution in [0.2, 0.25) is 10.0 Å². The van der Waals surface area contributed by atoms with Crippen molar-refractivity contribution in [2.24, 2.45) is 0 Å². The first-order valence-corrected chi connectivity index (χ1v) is 14.3. The average molecular weight is 599 g/mol. The normalized spacial score (nSPS) is 11.8. The molecule has 0 fully saturated rings. The van der Waals surface area contributed by atoms with Gasteiger partial charge in [-0.25, -0.2) is 18.0 Å². The van der Waals surface area contributed by atoms with Crippen molar-refractivity contribution in [3.05, 3.63) is 113 Å². The van der Waals surface area contributed by atoms with Crippen LogP contribution >= 0.6 is 23.2 Å². The Labute approximate surface area is 242 Å². The molecule has 11 heteroatoms. The third-order valence-corrected chi connectivity index (χ3v) is 8.32. The summed E-state index contributed by atoms with van der Waals surface area (Å²) in [7, 11) is -3.88. The van der Waals surface area contributed by atoms with Crippen molar-refractivity contribution in [2.75, 3.05) is 10.6 Å². The molecule has 0 aromatic heterocycles. The van der Waals surface area contributed by atoms with E-state index >= 15 is 0 Å². The Morgan fingerprint density at radius 3 is 2.12 bits per heavy atom. The third-order valence-electron chi connectivity index (χ3n) is 5.78. The van der Waals surface area contributed by atoms with Gasteiger partial charge in [-0.2, -0.15) is 0 Å². The molecule has 0 spiro atoms. The van der Waals surface area contributed by atoms with Gasteiger partial charge in [0.15, 0.2) is 0 Å². The Morgan fingerprint density at radius 1 is 0.825 bits per heavy atom. The number of carbonyl (C=O) groups excluding carboxylic acids is 2. The number of esters is 1. The summed E-state index contributed by atoms with van der Waals surface area (Å²) in [5, 5.41) is 9.29. The molecule has 4 aromatic carbocycles. The third kappa shape index (κ3) is 7.12. The number of nitrogens with one attached hydrogen (secondary N) is 3. The number of para-hydroxylation sites is 1. The quantitative estimate of drug-likeness (QED) is 0.149. The van der Waals surface area contributed by atoms with E-state index in [0.29, 0.717) is 16.6 Å². The Bertz CT molecular complexity index is 1590. The second-order valence-corrected chi connectivity index (χ2v) is 11.4. The van der Waals surface area contributed by atoms with E-state index in [1.165, 1.54) is 31.2 Å². The molecule has 0 saturated carbocycles. The summed E-state index contributed by atoms with van der Waals surface area (Å²) >= 11 is 12.4. The Morgan fingerprint density at radius 2 is 1.45 bits per heavy atom. The van der Waals surface area contributed by atoms with Gasteiger partial charge in [0.25, 0.3) is 0 Å². The van der Waals surface area contributed by atoms with Gasteiger partial charge in [0.05, 0.1) is 15.5 Å². The summed E-state index contributed by atoms with van der Waals surface area (Å²) in [6.07, 6.45) is 0. The van der Waals surface area contributed by atoms with Gasteiger partial charge in [0.2, 0.25) is 9.84 Å². The smallest absolute Gasteiger partial charge is 0.333 e. The van der Waals surface area contributed by atoms with E-state index in [1.807, 2.05) is 0 Å². The number of rotatable bonds is 9. The lowest BCUT2D eigenvalue weighted by atomic mass is 10.2. The number of hydrogen-bond acceptors (Lipinski definition) is 6. The van der Waals surface area contributed by atoms with Crippen LogP contribution in [0.3, 0.4) is 0 Å². The lowest BCUT2D eigenvalue weighted by molar-refractivity contribution is -0.136. The fraction of sp³-hybridized carbons (Fsp3) is 0.103. The number of hydrogen-bond donors (Lipinski definition) is 3. The molecule has 0 radical (unpaired) electrons. The van der Waals surface area contributed by atoms with E-state index in [9.17, 15) is 18.0 Å². The standard InChI is InChI=1S/C29H25Cl2N3O5S/c1-19(28(35)39-21-16-14-20(15-17-21)32-18-23-24(30)10-7-11-25(23)31)33-29(36)34-26-12-5-6-13-27(26)40(37,38)22-8-3-2-4-9-22/h2-17,19,32H,18H2,1H3,(H2,33,34,36)/t19-/m0/s1. The largest absolute Gasteiger partial charge is 0.425 e. The molecule has 0 aliphatic heterocycles. The molecule has 2 amide bonds. The zero-order valence-corrected chi connectivity index (χ0v) is 23.6. The first-order valence-electron chi connectivity index (χ1n) is 12.1. The highest BCUT2D eigenvalue weighted by Gasteiger charge is 2.23. The summed E-state index contributed by atoms with van der Waals surface area (Å²) in [5.41, 5.74) is 1.59. The molecule has 0 bridgehead atoms. The molecule has 0 aliphatic carbocycles. The minimum atomic E-state index is -3.88. The molecule has 4 rings (SSSR count). The summed E-state index contributed by atoms with van der Waals surface area (Å²) in [5.74, 6) is -0.427. The van der Waals surface area contributed by atoms with Gasteiger partial charge < -0.3 is 20.7 Å². The summed E-state index contributed by atoms with van der Waals surface area (Å²) in [4.78, 5) is 25.2. The number of amides is 2. The Balaban J connectivity index is 1.33. The van der Waals surface area contributed by atoms with Gasteiger partial charge in [-0.3, -0.25) is 0 Å². The first kappa shape index (κ1) is 28.9. The van der Waals surface area contributed by atoms with Gasteiger partial charge in [0, 0.05) is 27.8 Å². The lowest BCUT2D eigenvalue weighted by Crippen LogP contribution is -2.43. The number of urea groups is 1. The zero-order chi connectivity index (χ0) is 28.7. The molecule has 3 N–H and O–H groups in total. The van der Waals surface area contributed by atoms with Crippen LogP contribution in [0.15, 0.2) is 107 Å². The highest BCUT2D eigenvalue weighted by Crippen LogP contribution is 2.28. The summed E-state index contributed by atoms with van der Waals surface area (Å²) in [6, 6.07) is 24.1. The van der Waals surface area contributed by atoms with Crippen LogP contribution in [0.4, 0.5) is 16.2 Å². The van der Waals surface area contributed by atoms with Crippen molar-refractivity contribution in [1.29, 1.82) is 0 Å². The SMILES string of the molecule is C[C@H](NC(=O)Nc1ccccc1S(=O)(=O)c1ccccc1)C(=O)Oc1ccc(NCc2c(Cl)cccc2Cl)cc1. The lowest BCUT2D eigenvalue weighted by Gasteiger charge is -2.16. The number of sulfone groups is 1. The van der Waals surface area contributed by atoms with Crippen molar-refractivity contribution in [1.82, 2.24) is 5.32 Å². The maximum absolute atomic E-state index is 13.1. The van der Waals surface area contributed by atoms with Crippen molar-refractivity contribution in [3.8, 4) is 5.75 Å². The van der Waals surface area contributed by atoms with Gasteiger partial charge in [0.1, 0.15) is 11.8 Å². The monoisotopic (exact) mass is 597 g/mol. The van der Waals surface area contributed by atoms with Crippen LogP contribution in [-0.2, 0) is 21.2 Å². The maximum Gasteiger partial charge on any atom is 0.333 e. The number of ether oxygens (including phenoxy) is 1. The van der Waals surface area contributed by atoms with Gasteiger partial charge in [-0.05, 0) is 67.6 Å². The highest BCUT2D eigenvalue weighted by atomic mass is 35.5. The molecule has 0 heterocycles. The average Bonchev–Trinajstić information content (AvgIpc) is 2.94. The maximum atomic E-state index is 13.1. The Kier molecular flexibility index (Phi) is 9.31. The van der Waals surface area contributed by atoms with E-state index in [0.717, 1.165) is 11.3 Å². The van der Waals surface area contributed by atoms with E-state index in [1.54, 1.807) is 72.8 Å². The van der Waals surface area contributed by atoms with Crippen LogP contribution in [0, 0.1) is 0 Å². The van der Waals surface area contributed by atoms with E-state index in [2.05, 4.69) is 16.0 Å². The van der Waals surface area contributed by atoms with Crippen LogP contribution in [0.25, 0.3) is 0 Å². The molecule has 40 heavy (non-hydrogen) atoms. The fourth-order valence-corrected chi connectivity index (χ4v) is 5.65. The topological polar surface area (TPSA) is 114 Å². The molecule has 4 aromatic rings. The minimum Gasteiger partial charge on any atom is -0.425 e. The Hall–Kier alpha value is -4.05. The molecule has 206 valence electrons. The van der Waals surface area contributed by atoms with E-state index < -0.39 is 27.9 Å². The molecule has 8 nitrogen and oxygen atoms in total. The minimum absolute atomic E-state index is 0.0721. The molecular weight excluding hydrogens is 573 g/mol. The van der Waals surface area contributed by atoms with Crippen molar-refractivity contribution in [2.45, 2.75) is 29.3 Å². The van der Waals surface area contributed by atoms with Crippen LogP contribution in [-0.4, -0.2) is 26.5 Å². The van der Waals surface area contributed by atoms with E-state index in [-0.39, 0.29) is 21.2 Å². The summed E-state index contributed by atoms with van der Waals surface area (Å²) in [6.45, 7) is 1.86. The fourth-order valence-electron chi connectivity index (χ4n) is 3.68. The van der Waals surface area contributed by atoms with Gasteiger partial charge in [-0.1, -0.05) is 59.6 Å². The molecule has 0 aliphatic rings. The second-order valence-electron chi connectivity index (χ2n) is 8.63. The van der Waals surface area contributed by atoms with Crippen molar-refractivity contribution < 1.29 is 22.7 Å².